The van der Waals surface area contributed by atoms with E-state index in [1.165, 1.54) is 12.1 Å². The Morgan fingerprint density at radius 1 is 1.19 bits per heavy atom. The summed E-state index contributed by atoms with van der Waals surface area (Å²) >= 11 is 1.07. The maximum atomic E-state index is 11.9. The first-order chi connectivity index (χ1) is 15.2. The highest BCUT2D eigenvalue weighted by Crippen LogP contribution is 2.42. The number of phenols is 1. The minimum absolute atomic E-state index is 0.0512. The first kappa shape index (κ1) is 22.1. The zero-order valence-electron chi connectivity index (χ0n) is 17.0. The van der Waals surface area contributed by atoms with Crippen LogP contribution in [0.1, 0.15) is 18.9 Å². The summed E-state index contributed by atoms with van der Waals surface area (Å²) < 4.78 is 27.7. The van der Waals surface area contributed by atoms with Gasteiger partial charge in [0, 0.05) is 33.3 Å². The number of aryl methyl sites for hydroxylation is 1. The van der Waals surface area contributed by atoms with E-state index in [0.29, 0.717) is 32.4 Å². The van der Waals surface area contributed by atoms with Crippen LogP contribution in [0.25, 0.3) is 21.7 Å². The summed E-state index contributed by atoms with van der Waals surface area (Å²) in [4.78, 5) is 11.9. The number of nitrogens with zero attached hydrogens (tertiary/aromatic N) is 3. The Labute approximate surface area is 192 Å². The fourth-order valence-electron chi connectivity index (χ4n) is 3.27. The molecule has 32 heavy (non-hydrogen) atoms. The van der Waals surface area contributed by atoms with Crippen molar-refractivity contribution in [3.8, 4) is 5.75 Å². The number of hydrogen-bond acceptors (Lipinski definition) is 8. The molecule has 164 valence electrons. The summed E-state index contributed by atoms with van der Waals surface area (Å²) in [5.41, 5.74) is 2.10. The van der Waals surface area contributed by atoms with Crippen LogP contribution < -0.4 is 5.32 Å². The van der Waals surface area contributed by atoms with Crippen molar-refractivity contribution in [3.05, 3.63) is 48.0 Å². The number of halogens is 1. The van der Waals surface area contributed by atoms with Crippen molar-refractivity contribution >= 4 is 75.2 Å². The van der Waals surface area contributed by atoms with E-state index < -0.39 is 9.05 Å². The fraction of sp³-hybridized carbons (Fsp3) is 0.143. The third kappa shape index (κ3) is 4.16. The molecule has 0 radical (unpaired) electrons. The van der Waals surface area contributed by atoms with Gasteiger partial charge in [-0.1, -0.05) is 25.1 Å². The van der Waals surface area contributed by atoms with E-state index in [1.807, 2.05) is 13.0 Å². The summed E-state index contributed by atoms with van der Waals surface area (Å²) in [6, 6.07) is 11.3. The number of amides is 1. The summed E-state index contributed by atoms with van der Waals surface area (Å²) in [6.07, 6.45) is 0.251. The van der Waals surface area contributed by atoms with Crippen molar-refractivity contribution < 1.29 is 18.3 Å². The number of rotatable bonds is 5. The smallest absolute Gasteiger partial charge is 0.261 e. The standard InChI is InChI=1S/C21H17ClN4O4S2/c1-3-18(27)23-17-10-16(19-11(2)5-4-6-13(19)20(17)28)24-25-21-14-9-12(32(22,29)30)7-8-15(14)26-31-21/h4-10,28H,3H2,1-2H3,(H,23,27). The summed E-state index contributed by atoms with van der Waals surface area (Å²) in [5.74, 6) is -0.303. The minimum atomic E-state index is -3.91. The van der Waals surface area contributed by atoms with Crippen LogP contribution in [0.3, 0.4) is 0 Å². The zero-order chi connectivity index (χ0) is 23.0. The van der Waals surface area contributed by atoms with Crippen molar-refractivity contribution in [1.82, 2.24) is 4.37 Å². The molecular weight excluding hydrogens is 472 g/mol. The van der Waals surface area contributed by atoms with E-state index in [4.69, 9.17) is 10.7 Å². The molecule has 0 fully saturated rings. The third-order valence-corrected chi connectivity index (χ3v) is 6.99. The molecule has 0 atom stereocenters. The Bertz CT molecular complexity index is 1510. The van der Waals surface area contributed by atoms with Gasteiger partial charge in [0.2, 0.25) is 5.91 Å². The highest BCUT2D eigenvalue weighted by Gasteiger charge is 2.16. The molecule has 1 amide bonds. The van der Waals surface area contributed by atoms with Gasteiger partial charge in [-0.25, -0.2) is 8.42 Å². The molecule has 4 aromatic rings. The number of phenolic OH excluding ortho intramolecular Hbond substituents is 1. The van der Waals surface area contributed by atoms with Gasteiger partial charge in [0.05, 0.1) is 21.8 Å². The van der Waals surface area contributed by atoms with Crippen LogP contribution in [0.2, 0.25) is 0 Å². The van der Waals surface area contributed by atoms with E-state index in [-0.39, 0.29) is 28.7 Å². The van der Waals surface area contributed by atoms with Gasteiger partial charge < -0.3 is 10.4 Å². The Morgan fingerprint density at radius 2 is 1.97 bits per heavy atom. The average Bonchev–Trinajstić information content (AvgIpc) is 3.16. The van der Waals surface area contributed by atoms with E-state index in [9.17, 15) is 18.3 Å². The van der Waals surface area contributed by atoms with Crippen LogP contribution in [0.5, 0.6) is 5.75 Å². The molecule has 0 saturated heterocycles. The Kier molecular flexibility index (Phi) is 5.85. The first-order valence-electron chi connectivity index (χ1n) is 9.50. The van der Waals surface area contributed by atoms with Crippen LogP contribution in [0.15, 0.2) is 57.6 Å². The Hall–Kier alpha value is -3.08. The third-order valence-electron chi connectivity index (χ3n) is 4.87. The number of fused-ring (bicyclic) bond motifs is 2. The first-order valence-corrected chi connectivity index (χ1v) is 12.6. The second-order valence-corrected chi connectivity index (χ2v) is 10.3. The van der Waals surface area contributed by atoms with Gasteiger partial charge in [-0.15, -0.1) is 10.2 Å². The van der Waals surface area contributed by atoms with E-state index in [1.54, 1.807) is 31.2 Å². The summed E-state index contributed by atoms with van der Waals surface area (Å²) in [6.45, 7) is 3.59. The molecule has 8 nitrogen and oxygen atoms in total. The number of aromatic nitrogens is 1. The molecule has 0 unspecified atom stereocenters. The summed E-state index contributed by atoms with van der Waals surface area (Å²) in [7, 11) is 1.56. The molecule has 0 spiro atoms. The largest absolute Gasteiger partial charge is 0.505 e. The van der Waals surface area contributed by atoms with Gasteiger partial charge in [0.1, 0.15) is 5.75 Å². The van der Waals surface area contributed by atoms with Crippen molar-refractivity contribution in [1.29, 1.82) is 0 Å². The number of carbonyl (C=O) groups is 1. The molecule has 0 aliphatic rings. The van der Waals surface area contributed by atoms with E-state index in [2.05, 4.69) is 19.9 Å². The van der Waals surface area contributed by atoms with Crippen LogP contribution in [0.4, 0.5) is 16.4 Å². The molecule has 1 aromatic heterocycles. The van der Waals surface area contributed by atoms with E-state index >= 15 is 0 Å². The SMILES string of the molecule is CCC(=O)Nc1cc(N=Nc2snc3ccc(S(=O)(=O)Cl)cc23)c2c(C)cccc2c1O. The molecule has 4 rings (SSSR count). The Morgan fingerprint density at radius 3 is 2.69 bits per heavy atom. The van der Waals surface area contributed by atoms with Crippen LogP contribution in [-0.2, 0) is 13.8 Å². The number of carbonyl (C=O) groups excluding carboxylic acids is 1. The van der Waals surface area contributed by atoms with Gasteiger partial charge in [-0.05, 0) is 48.3 Å². The van der Waals surface area contributed by atoms with Crippen molar-refractivity contribution in [2.45, 2.75) is 25.2 Å². The van der Waals surface area contributed by atoms with E-state index in [0.717, 1.165) is 17.1 Å². The molecule has 3 aromatic carbocycles. The maximum Gasteiger partial charge on any atom is 0.261 e. The average molecular weight is 489 g/mol. The minimum Gasteiger partial charge on any atom is -0.505 e. The molecule has 0 aliphatic carbocycles. The molecule has 0 aliphatic heterocycles. The fourth-order valence-corrected chi connectivity index (χ4v) is 4.73. The highest BCUT2D eigenvalue weighted by molar-refractivity contribution is 8.13. The molecule has 0 saturated carbocycles. The van der Waals surface area contributed by atoms with Crippen molar-refractivity contribution in [2.24, 2.45) is 10.2 Å². The van der Waals surface area contributed by atoms with Crippen LogP contribution in [-0.4, -0.2) is 23.8 Å². The van der Waals surface area contributed by atoms with Crippen LogP contribution in [0, 0.1) is 6.92 Å². The van der Waals surface area contributed by atoms with Gasteiger partial charge in [0.25, 0.3) is 9.05 Å². The Balaban J connectivity index is 1.87. The van der Waals surface area contributed by atoms with Gasteiger partial charge in [-0.2, -0.15) is 4.37 Å². The molecule has 2 N–H and O–H groups in total. The molecular formula is C21H17ClN4O4S2. The molecule has 0 bridgehead atoms. The lowest BCUT2D eigenvalue weighted by molar-refractivity contribution is -0.115. The second-order valence-electron chi connectivity index (χ2n) is 7.00. The second kappa shape index (κ2) is 8.45. The number of hydrogen-bond donors (Lipinski definition) is 2. The number of nitrogens with one attached hydrogen (secondary N) is 1. The van der Waals surface area contributed by atoms with Crippen molar-refractivity contribution in [2.75, 3.05) is 5.32 Å². The number of azo groups is 1. The predicted octanol–water partition coefficient (Wildman–Crippen LogP) is 6.15. The number of benzene rings is 3. The predicted molar refractivity (Wildman–Crippen MR) is 126 cm³/mol. The quantitative estimate of drug-likeness (QED) is 0.198. The lowest BCUT2D eigenvalue weighted by atomic mass is 10.0. The topological polar surface area (TPSA) is 121 Å². The van der Waals surface area contributed by atoms with Crippen molar-refractivity contribution in [3.63, 3.8) is 0 Å². The lowest BCUT2D eigenvalue weighted by Gasteiger charge is -2.12. The monoisotopic (exact) mass is 488 g/mol. The number of anilines is 1. The molecule has 11 heteroatoms. The molecule has 1 heterocycles. The van der Waals surface area contributed by atoms with Crippen LogP contribution >= 0.6 is 22.2 Å². The van der Waals surface area contributed by atoms with Gasteiger partial charge in [0.15, 0.2) is 5.00 Å². The van der Waals surface area contributed by atoms with Gasteiger partial charge in [-0.3, -0.25) is 4.79 Å². The number of aromatic hydroxyl groups is 1. The zero-order valence-corrected chi connectivity index (χ0v) is 19.3. The highest BCUT2D eigenvalue weighted by atomic mass is 35.7. The lowest BCUT2D eigenvalue weighted by Crippen LogP contribution is -2.09. The summed E-state index contributed by atoms with van der Waals surface area (Å²) in [5, 5.41) is 24.1. The maximum absolute atomic E-state index is 11.9. The van der Waals surface area contributed by atoms with Gasteiger partial charge >= 0.3 is 0 Å². The normalized spacial score (nSPS) is 12.1.